The molecule has 0 atom stereocenters. The number of nitrogens with one attached hydrogen (secondary N) is 2. The SMILES string of the molecule is COc1ccc(NC(=O)CC(=O)Nc2ccc(C)cc2Cl)c(Cl)c1. The van der Waals surface area contributed by atoms with Crippen LogP contribution in [-0.2, 0) is 9.59 Å². The second-order valence-corrected chi connectivity index (χ2v) is 5.92. The fourth-order valence-electron chi connectivity index (χ4n) is 1.98. The van der Waals surface area contributed by atoms with Crippen LogP contribution in [0.15, 0.2) is 36.4 Å². The number of carbonyl (C=O) groups excluding carboxylic acids is 2. The summed E-state index contributed by atoms with van der Waals surface area (Å²) in [6.07, 6.45) is -0.355. The summed E-state index contributed by atoms with van der Waals surface area (Å²) >= 11 is 12.1. The Morgan fingerprint density at radius 3 is 2.00 bits per heavy atom. The average molecular weight is 367 g/mol. The van der Waals surface area contributed by atoms with Crippen molar-refractivity contribution in [2.75, 3.05) is 17.7 Å². The normalized spacial score (nSPS) is 10.2. The molecule has 2 rings (SSSR count). The maximum Gasteiger partial charge on any atom is 0.233 e. The van der Waals surface area contributed by atoms with Gasteiger partial charge in [0.1, 0.15) is 12.2 Å². The first-order valence-corrected chi connectivity index (χ1v) is 7.84. The van der Waals surface area contributed by atoms with Crippen LogP contribution >= 0.6 is 23.2 Å². The third-order valence-corrected chi connectivity index (χ3v) is 3.80. The van der Waals surface area contributed by atoms with Crippen molar-refractivity contribution in [3.05, 3.63) is 52.0 Å². The summed E-state index contributed by atoms with van der Waals surface area (Å²) in [5.74, 6) is -0.379. The number of benzene rings is 2. The first-order chi connectivity index (χ1) is 11.4. The number of hydrogen-bond donors (Lipinski definition) is 2. The summed E-state index contributed by atoms with van der Waals surface area (Å²) in [7, 11) is 1.52. The Morgan fingerprint density at radius 2 is 1.50 bits per heavy atom. The molecule has 2 N–H and O–H groups in total. The van der Waals surface area contributed by atoms with Crippen LogP contribution in [0.2, 0.25) is 10.0 Å². The zero-order valence-corrected chi connectivity index (χ0v) is 14.7. The minimum atomic E-state index is -0.484. The standard InChI is InChI=1S/C17H16Cl2N2O3/c1-10-3-5-14(12(18)7-10)20-16(22)9-17(23)21-15-6-4-11(24-2)8-13(15)19/h3-8H,9H2,1-2H3,(H,20,22)(H,21,23). The van der Waals surface area contributed by atoms with Crippen LogP contribution in [0.3, 0.4) is 0 Å². The molecule has 7 heteroatoms. The number of rotatable bonds is 5. The number of halogens is 2. The van der Waals surface area contributed by atoms with E-state index in [1.165, 1.54) is 7.11 Å². The van der Waals surface area contributed by atoms with Crippen molar-refractivity contribution in [1.82, 2.24) is 0 Å². The van der Waals surface area contributed by atoms with Crippen molar-refractivity contribution in [3.8, 4) is 5.75 Å². The van der Waals surface area contributed by atoms with E-state index in [1.54, 1.807) is 30.3 Å². The van der Waals surface area contributed by atoms with Crippen LogP contribution < -0.4 is 15.4 Å². The van der Waals surface area contributed by atoms with Crippen LogP contribution in [-0.4, -0.2) is 18.9 Å². The van der Waals surface area contributed by atoms with Crippen molar-refractivity contribution in [2.45, 2.75) is 13.3 Å². The molecule has 0 unspecified atom stereocenters. The highest BCUT2D eigenvalue weighted by molar-refractivity contribution is 6.34. The number of hydrogen-bond acceptors (Lipinski definition) is 3. The number of ether oxygens (including phenoxy) is 1. The van der Waals surface area contributed by atoms with Gasteiger partial charge in [-0.3, -0.25) is 9.59 Å². The zero-order chi connectivity index (χ0) is 17.7. The fraction of sp³-hybridized carbons (Fsp3) is 0.176. The van der Waals surface area contributed by atoms with E-state index in [1.807, 2.05) is 13.0 Å². The van der Waals surface area contributed by atoms with Crippen molar-refractivity contribution in [2.24, 2.45) is 0 Å². The zero-order valence-electron chi connectivity index (χ0n) is 13.2. The summed E-state index contributed by atoms with van der Waals surface area (Å²) in [6, 6.07) is 10.1. The summed E-state index contributed by atoms with van der Waals surface area (Å²) in [5, 5.41) is 5.93. The number of methoxy groups -OCH3 is 1. The van der Waals surface area contributed by atoms with E-state index in [0.29, 0.717) is 27.2 Å². The molecule has 5 nitrogen and oxygen atoms in total. The Hall–Kier alpha value is -2.24. The first kappa shape index (κ1) is 18.1. The lowest BCUT2D eigenvalue weighted by molar-refractivity contribution is -0.123. The van der Waals surface area contributed by atoms with Gasteiger partial charge in [0.05, 0.1) is 28.5 Å². The van der Waals surface area contributed by atoms with E-state index >= 15 is 0 Å². The molecule has 126 valence electrons. The predicted molar refractivity (Wildman–Crippen MR) is 96.1 cm³/mol. The molecule has 0 aliphatic carbocycles. The second kappa shape index (κ2) is 8.04. The quantitative estimate of drug-likeness (QED) is 0.776. The van der Waals surface area contributed by atoms with Gasteiger partial charge in [0.25, 0.3) is 0 Å². The third-order valence-electron chi connectivity index (χ3n) is 3.17. The second-order valence-electron chi connectivity index (χ2n) is 5.10. The highest BCUT2D eigenvalue weighted by Gasteiger charge is 2.13. The topological polar surface area (TPSA) is 67.4 Å². The van der Waals surface area contributed by atoms with Gasteiger partial charge in [0.15, 0.2) is 0 Å². The summed E-state index contributed by atoms with van der Waals surface area (Å²) in [6.45, 7) is 1.89. The van der Waals surface area contributed by atoms with Gasteiger partial charge in [-0.15, -0.1) is 0 Å². The van der Waals surface area contributed by atoms with Gasteiger partial charge >= 0.3 is 0 Å². The Balaban J connectivity index is 1.95. The Bertz CT molecular complexity index is 778. The summed E-state index contributed by atoms with van der Waals surface area (Å²) < 4.78 is 5.03. The van der Waals surface area contributed by atoms with Gasteiger partial charge in [-0.05, 0) is 36.8 Å². The number of aryl methyl sites for hydroxylation is 1. The lowest BCUT2D eigenvalue weighted by atomic mass is 10.2. The summed E-state index contributed by atoms with van der Waals surface area (Å²) in [5.41, 5.74) is 1.84. The first-order valence-electron chi connectivity index (χ1n) is 7.08. The number of anilines is 2. The van der Waals surface area contributed by atoms with Gasteiger partial charge in [-0.25, -0.2) is 0 Å². The molecule has 2 aromatic rings. The summed E-state index contributed by atoms with van der Waals surface area (Å²) in [4.78, 5) is 23.9. The molecule has 0 saturated heterocycles. The predicted octanol–water partition coefficient (Wildman–Crippen LogP) is 4.28. The van der Waals surface area contributed by atoms with Crippen molar-refractivity contribution < 1.29 is 14.3 Å². The Labute approximate surface area is 149 Å². The molecule has 0 heterocycles. The Morgan fingerprint density at radius 1 is 0.958 bits per heavy atom. The maximum absolute atomic E-state index is 12.0. The minimum Gasteiger partial charge on any atom is -0.497 e. The van der Waals surface area contributed by atoms with E-state index in [0.717, 1.165) is 5.56 Å². The lowest BCUT2D eigenvalue weighted by Crippen LogP contribution is -2.21. The molecule has 2 amide bonds. The molecule has 0 aliphatic heterocycles. The van der Waals surface area contributed by atoms with E-state index in [-0.39, 0.29) is 6.42 Å². The molecule has 2 aromatic carbocycles. The van der Waals surface area contributed by atoms with Crippen LogP contribution in [0.4, 0.5) is 11.4 Å². The van der Waals surface area contributed by atoms with Crippen LogP contribution in [0.1, 0.15) is 12.0 Å². The van der Waals surface area contributed by atoms with Gasteiger partial charge in [-0.2, -0.15) is 0 Å². The molecule has 0 fully saturated rings. The third kappa shape index (κ3) is 4.88. The van der Waals surface area contributed by atoms with E-state index < -0.39 is 11.8 Å². The largest absolute Gasteiger partial charge is 0.497 e. The maximum atomic E-state index is 12.0. The van der Waals surface area contributed by atoms with Gasteiger partial charge in [-0.1, -0.05) is 29.3 Å². The fourth-order valence-corrected chi connectivity index (χ4v) is 2.48. The number of amides is 2. The molecule has 0 radical (unpaired) electrons. The van der Waals surface area contributed by atoms with E-state index in [4.69, 9.17) is 27.9 Å². The molecule has 0 bridgehead atoms. The van der Waals surface area contributed by atoms with Gasteiger partial charge in [0, 0.05) is 6.07 Å². The van der Waals surface area contributed by atoms with Crippen molar-refractivity contribution in [3.63, 3.8) is 0 Å². The van der Waals surface area contributed by atoms with E-state index in [9.17, 15) is 9.59 Å². The smallest absolute Gasteiger partial charge is 0.233 e. The minimum absolute atomic E-state index is 0.324. The lowest BCUT2D eigenvalue weighted by Gasteiger charge is -2.10. The number of carbonyl (C=O) groups is 2. The molecular weight excluding hydrogens is 351 g/mol. The van der Waals surface area contributed by atoms with Crippen LogP contribution in [0, 0.1) is 6.92 Å². The molecule has 0 saturated carbocycles. The highest BCUT2D eigenvalue weighted by Crippen LogP contribution is 2.27. The van der Waals surface area contributed by atoms with E-state index in [2.05, 4.69) is 10.6 Å². The monoisotopic (exact) mass is 366 g/mol. The highest BCUT2D eigenvalue weighted by atomic mass is 35.5. The van der Waals surface area contributed by atoms with Crippen molar-refractivity contribution >= 4 is 46.4 Å². The van der Waals surface area contributed by atoms with Crippen molar-refractivity contribution in [1.29, 1.82) is 0 Å². The molecule has 0 aliphatic rings. The van der Waals surface area contributed by atoms with Gasteiger partial charge in [0.2, 0.25) is 11.8 Å². The molecule has 0 spiro atoms. The van der Waals surface area contributed by atoms with Crippen LogP contribution in [0.5, 0.6) is 5.75 Å². The average Bonchev–Trinajstić information content (AvgIpc) is 2.52. The molecular formula is C17H16Cl2N2O3. The Kier molecular flexibility index (Phi) is 6.06. The van der Waals surface area contributed by atoms with Crippen LogP contribution in [0.25, 0.3) is 0 Å². The molecule has 24 heavy (non-hydrogen) atoms. The van der Waals surface area contributed by atoms with Gasteiger partial charge < -0.3 is 15.4 Å². The molecule has 0 aromatic heterocycles.